The Labute approximate surface area is 93.8 Å². The van der Waals surface area contributed by atoms with Crippen LogP contribution in [0, 0.1) is 0 Å². The highest BCUT2D eigenvalue weighted by Gasteiger charge is 2.20. The highest BCUT2D eigenvalue weighted by atomic mass is 16.5. The van der Waals surface area contributed by atoms with E-state index in [0.29, 0.717) is 6.01 Å². The third kappa shape index (κ3) is 1.65. The number of ether oxygens (including phenoxy) is 1. The zero-order chi connectivity index (χ0) is 11.0. The third-order valence-corrected chi connectivity index (χ3v) is 2.79. The molecule has 2 heterocycles. The van der Waals surface area contributed by atoms with Gasteiger partial charge >= 0.3 is 0 Å². The van der Waals surface area contributed by atoms with Crippen molar-refractivity contribution in [3.63, 3.8) is 0 Å². The molecule has 0 amide bonds. The average molecular weight is 218 g/mol. The molecule has 0 N–H and O–H groups in total. The van der Waals surface area contributed by atoms with Crippen molar-refractivity contribution < 1.29 is 9.15 Å². The zero-order valence-corrected chi connectivity index (χ0v) is 9.22. The molecule has 1 aromatic heterocycles. The van der Waals surface area contributed by atoms with E-state index in [1.165, 1.54) is 0 Å². The zero-order valence-electron chi connectivity index (χ0n) is 9.22. The number of fused-ring (bicyclic) bond motifs is 1. The Morgan fingerprint density at radius 2 is 2.25 bits per heavy atom. The van der Waals surface area contributed by atoms with Gasteiger partial charge in [-0.3, -0.25) is 0 Å². The van der Waals surface area contributed by atoms with E-state index in [2.05, 4.69) is 16.8 Å². The van der Waals surface area contributed by atoms with Gasteiger partial charge in [0.1, 0.15) is 5.52 Å². The molecule has 0 aliphatic carbocycles. The van der Waals surface area contributed by atoms with Crippen molar-refractivity contribution in [1.29, 1.82) is 0 Å². The number of morpholine rings is 1. The van der Waals surface area contributed by atoms with Crippen LogP contribution < -0.4 is 4.90 Å². The molecule has 84 valence electrons. The van der Waals surface area contributed by atoms with Crippen LogP contribution in [0.5, 0.6) is 0 Å². The van der Waals surface area contributed by atoms with E-state index in [-0.39, 0.29) is 6.10 Å². The van der Waals surface area contributed by atoms with Crippen LogP contribution in [0.1, 0.15) is 6.92 Å². The lowest BCUT2D eigenvalue weighted by Crippen LogP contribution is -2.41. The van der Waals surface area contributed by atoms with Crippen molar-refractivity contribution in [3.05, 3.63) is 24.3 Å². The highest BCUT2D eigenvalue weighted by Crippen LogP contribution is 2.22. The van der Waals surface area contributed by atoms with Crippen LogP contribution in [0.25, 0.3) is 11.1 Å². The van der Waals surface area contributed by atoms with Gasteiger partial charge in [0, 0.05) is 13.1 Å². The quantitative estimate of drug-likeness (QED) is 0.734. The molecular weight excluding hydrogens is 204 g/mol. The van der Waals surface area contributed by atoms with Gasteiger partial charge in [0.05, 0.1) is 12.7 Å². The van der Waals surface area contributed by atoms with Gasteiger partial charge < -0.3 is 14.1 Å². The molecule has 0 saturated carbocycles. The minimum absolute atomic E-state index is 0.240. The molecule has 1 unspecified atom stereocenters. The molecule has 0 spiro atoms. The van der Waals surface area contributed by atoms with Crippen molar-refractivity contribution in [2.24, 2.45) is 0 Å². The predicted octanol–water partition coefficient (Wildman–Crippen LogP) is 2.05. The summed E-state index contributed by atoms with van der Waals surface area (Å²) in [7, 11) is 0. The van der Waals surface area contributed by atoms with Crippen LogP contribution in [0.4, 0.5) is 6.01 Å². The topological polar surface area (TPSA) is 38.5 Å². The number of rotatable bonds is 1. The molecule has 1 aliphatic heterocycles. The molecule has 1 saturated heterocycles. The van der Waals surface area contributed by atoms with Crippen molar-refractivity contribution in [3.8, 4) is 0 Å². The van der Waals surface area contributed by atoms with Gasteiger partial charge in [-0.15, -0.1) is 0 Å². The van der Waals surface area contributed by atoms with E-state index in [9.17, 15) is 0 Å². The van der Waals surface area contributed by atoms with Crippen LogP contribution in [-0.2, 0) is 4.74 Å². The van der Waals surface area contributed by atoms with Gasteiger partial charge in [-0.05, 0) is 19.1 Å². The smallest absolute Gasteiger partial charge is 0.298 e. The average Bonchev–Trinajstić information content (AvgIpc) is 2.72. The molecule has 0 radical (unpaired) electrons. The monoisotopic (exact) mass is 218 g/mol. The summed E-state index contributed by atoms with van der Waals surface area (Å²) in [6.07, 6.45) is 0.240. The van der Waals surface area contributed by atoms with Gasteiger partial charge in [0.2, 0.25) is 0 Å². The second kappa shape index (κ2) is 3.79. The van der Waals surface area contributed by atoms with E-state index in [4.69, 9.17) is 9.15 Å². The minimum Gasteiger partial charge on any atom is -0.423 e. The van der Waals surface area contributed by atoms with Crippen molar-refractivity contribution in [2.45, 2.75) is 13.0 Å². The number of hydrogen-bond acceptors (Lipinski definition) is 4. The van der Waals surface area contributed by atoms with Gasteiger partial charge in [-0.2, -0.15) is 4.98 Å². The summed E-state index contributed by atoms with van der Waals surface area (Å²) < 4.78 is 11.2. The highest BCUT2D eigenvalue weighted by molar-refractivity contribution is 5.74. The van der Waals surface area contributed by atoms with Crippen molar-refractivity contribution >= 4 is 17.1 Å². The SMILES string of the molecule is CC1CN(c2nc3ccccc3o2)CCO1. The molecule has 1 aliphatic rings. The number of oxazole rings is 1. The summed E-state index contributed by atoms with van der Waals surface area (Å²) in [5, 5.41) is 0. The van der Waals surface area contributed by atoms with E-state index < -0.39 is 0 Å². The normalized spacial score (nSPS) is 21.6. The van der Waals surface area contributed by atoms with E-state index in [1.54, 1.807) is 0 Å². The van der Waals surface area contributed by atoms with Crippen LogP contribution in [-0.4, -0.2) is 30.8 Å². The maximum Gasteiger partial charge on any atom is 0.298 e. The van der Waals surface area contributed by atoms with Gasteiger partial charge in [0.25, 0.3) is 6.01 Å². The molecule has 2 aromatic rings. The first kappa shape index (κ1) is 9.66. The van der Waals surface area contributed by atoms with Crippen LogP contribution in [0.3, 0.4) is 0 Å². The van der Waals surface area contributed by atoms with Gasteiger partial charge in [0.15, 0.2) is 5.58 Å². The summed E-state index contributed by atoms with van der Waals surface area (Å²) in [4.78, 5) is 6.61. The number of para-hydroxylation sites is 2. The lowest BCUT2D eigenvalue weighted by atomic mass is 10.3. The number of anilines is 1. The number of aromatic nitrogens is 1. The van der Waals surface area contributed by atoms with E-state index >= 15 is 0 Å². The molecule has 16 heavy (non-hydrogen) atoms. The Hall–Kier alpha value is -1.55. The fourth-order valence-electron chi connectivity index (χ4n) is 1.99. The fourth-order valence-corrected chi connectivity index (χ4v) is 1.99. The summed E-state index contributed by atoms with van der Waals surface area (Å²) in [5.41, 5.74) is 1.76. The predicted molar refractivity (Wildman–Crippen MR) is 61.6 cm³/mol. The van der Waals surface area contributed by atoms with Crippen molar-refractivity contribution in [1.82, 2.24) is 4.98 Å². The molecule has 1 atom stereocenters. The van der Waals surface area contributed by atoms with Crippen LogP contribution >= 0.6 is 0 Å². The molecule has 4 heteroatoms. The van der Waals surface area contributed by atoms with E-state index in [1.807, 2.05) is 24.3 Å². The maximum absolute atomic E-state index is 5.72. The summed E-state index contributed by atoms with van der Waals surface area (Å²) >= 11 is 0. The Bertz CT molecular complexity index is 461. The second-order valence-corrected chi connectivity index (χ2v) is 4.09. The number of benzene rings is 1. The fraction of sp³-hybridized carbons (Fsp3) is 0.417. The molecule has 4 nitrogen and oxygen atoms in total. The molecule has 3 rings (SSSR count). The molecule has 1 fully saturated rings. The van der Waals surface area contributed by atoms with Gasteiger partial charge in [-0.1, -0.05) is 12.1 Å². The summed E-state index contributed by atoms with van der Waals surface area (Å²) in [5.74, 6) is 0. The number of nitrogens with zero attached hydrogens (tertiary/aromatic N) is 2. The second-order valence-electron chi connectivity index (χ2n) is 4.09. The molecule has 0 bridgehead atoms. The van der Waals surface area contributed by atoms with Crippen LogP contribution in [0.2, 0.25) is 0 Å². The van der Waals surface area contributed by atoms with E-state index in [0.717, 1.165) is 30.8 Å². The Morgan fingerprint density at radius 1 is 1.38 bits per heavy atom. The summed E-state index contributed by atoms with van der Waals surface area (Å²) in [6, 6.07) is 8.54. The minimum atomic E-state index is 0.240. The Balaban J connectivity index is 1.93. The largest absolute Gasteiger partial charge is 0.423 e. The lowest BCUT2D eigenvalue weighted by Gasteiger charge is -2.29. The molecular formula is C12H14N2O2. The standard InChI is InChI=1S/C12H14N2O2/c1-9-8-14(6-7-15-9)12-13-10-4-2-3-5-11(10)16-12/h2-5,9H,6-8H2,1H3. The Morgan fingerprint density at radius 3 is 3.06 bits per heavy atom. The number of hydrogen-bond donors (Lipinski definition) is 0. The first-order chi connectivity index (χ1) is 7.83. The van der Waals surface area contributed by atoms with Crippen molar-refractivity contribution in [2.75, 3.05) is 24.6 Å². The first-order valence-electron chi connectivity index (χ1n) is 5.55. The lowest BCUT2D eigenvalue weighted by molar-refractivity contribution is 0.0515. The van der Waals surface area contributed by atoms with Gasteiger partial charge in [-0.25, -0.2) is 0 Å². The third-order valence-electron chi connectivity index (χ3n) is 2.79. The first-order valence-corrected chi connectivity index (χ1v) is 5.55. The Kier molecular flexibility index (Phi) is 2.29. The van der Waals surface area contributed by atoms with Crippen LogP contribution in [0.15, 0.2) is 28.7 Å². The maximum atomic E-state index is 5.72. The molecule has 1 aromatic carbocycles. The summed E-state index contributed by atoms with van der Waals surface area (Å²) in [6.45, 7) is 4.48.